The van der Waals surface area contributed by atoms with E-state index < -0.39 is 29.5 Å². The van der Waals surface area contributed by atoms with Gasteiger partial charge in [-0.15, -0.1) is 0 Å². The molecule has 2 unspecified atom stereocenters. The summed E-state index contributed by atoms with van der Waals surface area (Å²) in [4.78, 5) is 49.6. The Morgan fingerprint density at radius 3 is 2.53 bits per heavy atom. The van der Waals surface area contributed by atoms with Crippen LogP contribution in [0.15, 0.2) is 47.0 Å². The van der Waals surface area contributed by atoms with E-state index in [1.807, 2.05) is 64.1 Å². The molecule has 2 heterocycles. The van der Waals surface area contributed by atoms with Crippen molar-refractivity contribution in [3.8, 4) is 6.07 Å². The summed E-state index contributed by atoms with van der Waals surface area (Å²) in [5, 5.41) is 20.6. The molecule has 3 N–H and O–H groups in total. The number of ether oxygens (including phenoxy) is 1. The number of fused-ring (bicyclic) bond motifs is 3. The summed E-state index contributed by atoms with van der Waals surface area (Å²) in [7, 11) is 0. The molecule has 2 amide bonds. The number of Topliss-reactive ketones (excluding diaryl/α,β-unsaturated/α-hetero) is 1. The van der Waals surface area contributed by atoms with Crippen molar-refractivity contribution >= 4 is 51.9 Å². The minimum absolute atomic E-state index is 0.0257. The fourth-order valence-corrected chi connectivity index (χ4v) is 6.98. The SMILES string of the molecule is CCC(C)[C@H](NC(=O)OCc1ccccc1)C(=O)N[C@]1(C(=O)C[C@H](c2nc(C#N)no2)C(C)CC)CCc2[nH]c3c(Cl)cc(Cl)cc3c2C1. The third-order valence-electron chi connectivity index (χ3n) is 9.77. The molecular formula is C36H40Cl2N6O5. The van der Waals surface area contributed by atoms with Crippen LogP contribution in [-0.4, -0.2) is 44.5 Å². The predicted octanol–water partition coefficient (Wildman–Crippen LogP) is 7.20. The number of aromatic amines is 1. The molecule has 49 heavy (non-hydrogen) atoms. The standard InChI is InChI=1S/C36H40Cl2N6O5/c1-5-20(3)24(34-41-30(18-39)44-49-34)16-29(45)36(13-12-28-26(17-36)25-14-23(37)15-27(38)32(25)40-28)43-33(46)31(21(4)6-2)42-35(47)48-19-22-10-8-7-9-11-22/h7-11,14-15,20-21,24,31,40H,5-6,12-13,16-17,19H2,1-4H3,(H,42,47)(H,43,46)/t20?,21?,24-,31-,36+/m0/s1. The number of hydrogen-bond acceptors (Lipinski definition) is 8. The van der Waals surface area contributed by atoms with Crippen LogP contribution in [0, 0.1) is 23.2 Å². The second-order valence-electron chi connectivity index (χ2n) is 12.9. The molecular weight excluding hydrogens is 667 g/mol. The van der Waals surface area contributed by atoms with Gasteiger partial charge < -0.3 is 24.9 Å². The minimum Gasteiger partial charge on any atom is -0.445 e. The summed E-state index contributed by atoms with van der Waals surface area (Å²) in [6, 6.07) is 13.6. The van der Waals surface area contributed by atoms with Gasteiger partial charge in [-0.1, -0.05) is 94.1 Å². The van der Waals surface area contributed by atoms with Gasteiger partial charge in [0.1, 0.15) is 24.3 Å². The summed E-state index contributed by atoms with van der Waals surface area (Å²) in [6.45, 7) is 7.80. The summed E-state index contributed by atoms with van der Waals surface area (Å²) in [5.74, 6) is -1.47. The Morgan fingerprint density at radius 2 is 1.86 bits per heavy atom. The molecule has 5 atom stereocenters. The van der Waals surface area contributed by atoms with Crippen molar-refractivity contribution in [2.45, 2.75) is 90.3 Å². The Balaban J connectivity index is 1.48. The predicted molar refractivity (Wildman–Crippen MR) is 185 cm³/mol. The first kappa shape index (κ1) is 35.9. The molecule has 1 aliphatic carbocycles. The lowest BCUT2D eigenvalue weighted by Gasteiger charge is -2.39. The lowest BCUT2D eigenvalue weighted by Crippen LogP contribution is -2.62. The molecule has 0 saturated heterocycles. The van der Waals surface area contributed by atoms with Gasteiger partial charge in [0, 0.05) is 34.9 Å². The number of halogens is 2. The van der Waals surface area contributed by atoms with Crippen LogP contribution in [0.5, 0.6) is 0 Å². The number of H-pyrrole nitrogens is 1. The van der Waals surface area contributed by atoms with Crippen LogP contribution in [0.25, 0.3) is 10.9 Å². The molecule has 0 saturated carbocycles. The highest BCUT2D eigenvalue weighted by Gasteiger charge is 2.46. The van der Waals surface area contributed by atoms with Crippen molar-refractivity contribution < 1.29 is 23.6 Å². The van der Waals surface area contributed by atoms with Gasteiger partial charge in [0.2, 0.25) is 11.8 Å². The van der Waals surface area contributed by atoms with E-state index in [-0.39, 0.29) is 55.2 Å². The first-order chi connectivity index (χ1) is 23.5. The third-order valence-corrected chi connectivity index (χ3v) is 10.3. The van der Waals surface area contributed by atoms with Gasteiger partial charge in [-0.2, -0.15) is 10.2 Å². The highest BCUT2D eigenvalue weighted by molar-refractivity contribution is 6.38. The summed E-state index contributed by atoms with van der Waals surface area (Å²) >= 11 is 13.0. The fraction of sp³-hybridized carbons (Fsp3) is 0.444. The highest BCUT2D eigenvalue weighted by Crippen LogP contribution is 2.40. The maximum absolute atomic E-state index is 14.7. The third kappa shape index (κ3) is 7.92. The number of alkyl carbamates (subject to hydrolysis) is 1. The Kier molecular flexibility index (Phi) is 11.3. The van der Waals surface area contributed by atoms with Crippen molar-refractivity contribution in [2.75, 3.05) is 0 Å². The van der Waals surface area contributed by atoms with E-state index in [9.17, 15) is 19.6 Å². The molecule has 0 spiro atoms. The van der Waals surface area contributed by atoms with E-state index >= 15 is 0 Å². The van der Waals surface area contributed by atoms with Gasteiger partial charge in [-0.3, -0.25) is 9.59 Å². The Bertz CT molecular complexity index is 1870. The van der Waals surface area contributed by atoms with Gasteiger partial charge in [0.25, 0.3) is 5.82 Å². The second-order valence-corrected chi connectivity index (χ2v) is 13.7. The molecule has 2 aromatic carbocycles. The van der Waals surface area contributed by atoms with Crippen LogP contribution < -0.4 is 10.6 Å². The monoisotopic (exact) mass is 706 g/mol. The van der Waals surface area contributed by atoms with Crippen LogP contribution in [0.1, 0.15) is 87.8 Å². The average molecular weight is 708 g/mol. The van der Waals surface area contributed by atoms with Crippen molar-refractivity contribution in [3.63, 3.8) is 0 Å². The number of rotatable bonds is 13. The first-order valence-electron chi connectivity index (χ1n) is 16.5. The molecule has 4 aromatic rings. The first-order valence-corrected chi connectivity index (χ1v) is 17.3. The van der Waals surface area contributed by atoms with Crippen molar-refractivity contribution in [2.24, 2.45) is 11.8 Å². The topological polar surface area (TPSA) is 163 Å². The van der Waals surface area contributed by atoms with Crippen molar-refractivity contribution in [1.29, 1.82) is 5.26 Å². The van der Waals surface area contributed by atoms with Crippen LogP contribution in [-0.2, 0) is 33.8 Å². The van der Waals surface area contributed by atoms with E-state index in [1.165, 1.54) is 0 Å². The number of carbonyl (C=O) groups excluding carboxylic acids is 3. The molecule has 5 rings (SSSR count). The fourth-order valence-electron chi connectivity index (χ4n) is 6.44. The second kappa shape index (κ2) is 15.4. The molecule has 0 fully saturated rings. The molecule has 2 aromatic heterocycles. The minimum atomic E-state index is -1.36. The van der Waals surface area contributed by atoms with Gasteiger partial charge >= 0.3 is 6.09 Å². The van der Waals surface area contributed by atoms with Crippen molar-refractivity contribution in [3.05, 3.63) is 81.0 Å². The number of carbonyl (C=O) groups is 3. The summed E-state index contributed by atoms with van der Waals surface area (Å²) in [5.41, 5.74) is 1.89. The molecule has 1 aliphatic rings. The van der Waals surface area contributed by atoms with E-state index in [2.05, 4.69) is 25.8 Å². The molecule has 0 bridgehead atoms. The zero-order chi connectivity index (χ0) is 35.3. The van der Waals surface area contributed by atoms with Gasteiger partial charge in [-0.25, -0.2) is 4.79 Å². The van der Waals surface area contributed by atoms with E-state index in [1.54, 1.807) is 12.1 Å². The maximum atomic E-state index is 14.7. The Morgan fingerprint density at radius 1 is 1.12 bits per heavy atom. The number of ketones is 1. The maximum Gasteiger partial charge on any atom is 0.408 e. The highest BCUT2D eigenvalue weighted by atomic mass is 35.5. The molecule has 13 heteroatoms. The Labute approximate surface area is 295 Å². The zero-order valence-electron chi connectivity index (χ0n) is 27.9. The lowest BCUT2D eigenvalue weighted by atomic mass is 9.73. The number of benzene rings is 2. The number of hydrogen-bond donors (Lipinski definition) is 3. The van der Waals surface area contributed by atoms with Gasteiger partial charge in [0.15, 0.2) is 5.78 Å². The normalized spacial score (nSPS) is 18.1. The van der Waals surface area contributed by atoms with E-state index in [0.29, 0.717) is 34.8 Å². The van der Waals surface area contributed by atoms with Gasteiger partial charge in [-0.05, 0) is 53.1 Å². The lowest BCUT2D eigenvalue weighted by molar-refractivity contribution is -0.134. The quantitative estimate of drug-likeness (QED) is 0.131. The summed E-state index contributed by atoms with van der Waals surface area (Å²) in [6.07, 6.45) is 1.41. The molecule has 0 aliphatic heterocycles. The number of nitrogens with one attached hydrogen (secondary N) is 3. The van der Waals surface area contributed by atoms with Crippen LogP contribution in [0.4, 0.5) is 4.79 Å². The van der Waals surface area contributed by atoms with E-state index in [4.69, 9.17) is 32.5 Å². The number of amides is 2. The van der Waals surface area contributed by atoms with E-state index in [0.717, 1.165) is 22.2 Å². The smallest absolute Gasteiger partial charge is 0.408 e. The molecule has 258 valence electrons. The Hall–Kier alpha value is -4.40. The number of nitrogens with zero attached hydrogens (tertiary/aromatic N) is 3. The number of aromatic nitrogens is 3. The molecule has 11 nitrogen and oxygen atoms in total. The van der Waals surface area contributed by atoms with Crippen LogP contribution >= 0.6 is 23.2 Å². The molecule has 0 radical (unpaired) electrons. The van der Waals surface area contributed by atoms with Crippen LogP contribution in [0.3, 0.4) is 0 Å². The van der Waals surface area contributed by atoms with Gasteiger partial charge in [0.05, 0.1) is 10.5 Å². The van der Waals surface area contributed by atoms with Crippen LogP contribution in [0.2, 0.25) is 10.0 Å². The summed E-state index contributed by atoms with van der Waals surface area (Å²) < 4.78 is 10.9. The zero-order valence-corrected chi connectivity index (χ0v) is 29.5. The number of nitriles is 1. The number of aryl methyl sites for hydroxylation is 1. The largest absolute Gasteiger partial charge is 0.445 e. The van der Waals surface area contributed by atoms with Crippen molar-refractivity contribution in [1.82, 2.24) is 25.8 Å². The average Bonchev–Trinajstić information content (AvgIpc) is 3.73.